The van der Waals surface area contributed by atoms with Gasteiger partial charge in [0.25, 0.3) is 11.6 Å². The van der Waals surface area contributed by atoms with Crippen molar-refractivity contribution in [3.05, 3.63) is 106 Å². The number of amides is 1. The van der Waals surface area contributed by atoms with Crippen LogP contribution in [0, 0.1) is 22.9 Å². The summed E-state index contributed by atoms with van der Waals surface area (Å²) >= 11 is 0. The fourth-order valence-corrected chi connectivity index (χ4v) is 3.04. The van der Waals surface area contributed by atoms with Crippen molar-refractivity contribution in [3.63, 3.8) is 0 Å². The Hall–Kier alpha value is -4.73. The van der Waals surface area contributed by atoms with Crippen molar-refractivity contribution in [2.75, 3.05) is 5.32 Å². The number of para-hydroxylation sites is 1. The number of hydrogen-bond donors (Lipinski definition) is 1. The lowest BCUT2D eigenvalue weighted by Crippen LogP contribution is -2.14. The number of non-ortho nitro benzene ring substituents is 1. The molecule has 0 fully saturated rings. The Bertz CT molecular complexity index is 1340. The van der Waals surface area contributed by atoms with E-state index in [1.54, 1.807) is 18.3 Å². The molecule has 34 heavy (non-hydrogen) atoms. The van der Waals surface area contributed by atoms with Crippen LogP contribution in [0.2, 0.25) is 0 Å². The van der Waals surface area contributed by atoms with Gasteiger partial charge in [-0.1, -0.05) is 18.2 Å². The lowest BCUT2D eigenvalue weighted by molar-refractivity contribution is -0.384. The maximum Gasteiger partial charge on any atom is 0.276 e. The van der Waals surface area contributed by atoms with Gasteiger partial charge >= 0.3 is 0 Å². The molecule has 9 nitrogen and oxygen atoms in total. The molecule has 4 rings (SSSR count). The highest BCUT2D eigenvalue weighted by Gasteiger charge is 2.16. The quantitative estimate of drug-likeness (QED) is 0.280. The topological polar surface area (TPSA) is 109 Å². The molecule has 4 aromatic rings. The molecular formula is C24H19FN4O5. The minimum Gasteiger partial charge on any atom is -0.471 e. The predicted octanol–water partition coefficient (Wildman–Crippen LogP) is 5.32. The molecule has 0 unspecified atom stereocenters. The summed E-state index contributed by atoms with van der Waals surface area (Å²) in [5.74, 6) is 0.250. The monoisotopic (exact) mass is 462 g/mol. The van der Waals surface area contributed by atoms with E-state index in [0.29, 0.717) is 11.5 Å². The third-order valence-corrected chi connectivity index (χ3v) is 4.73. The Morgan fingerprint density at radius 1 is 1.09 bits per heavy atom. The molecule has 0 aliphatic carbocycles. The average molecular weight is 462 g/mol. The molecule has 0 bridgehead atoms. The van der Waals surface area contributed by atoms with E-state index in [1.165, 1.54) is 53.2 Å². The number of nitrogens with one attached hydrogen (secondary N) is 1. The van der Waals surface area contributed by atoms with Gasteiger partial charge in [0.2, 0.25) is 0 Å². The van der Waals surface area contributed by atoms with E-state index in [2.05, 4.69) is 10.4 Å². The van der Waals surface area contributed by atoms with Gasteiger partial charge in [0.05, 0.1) is 16.7 Å². The lowest BCUT2D eigenvalue weighted by atomic mass is 10.2. The molecule has 0 atom stereocenters. The van der Waals surface area contributed by atoms with Crippen molar-refractivity contribution in [1.29, 1.82) is 0 Å². The number of nitro groups is 1. The molecule has 172 valence electrons. The Kier molecular flexibility index (Phi) is 6.49. The molecule has 1 amide bonds. The number of hydrogen-bond acceptors (Lipinski definition) is 6. The zero-order chi connectivity index (χ0) is 24.1. The minimum atomic E-state index is -0.568. The first-order chi connectivity index (χ1) is 16.4. The summed E-state index contributed by atoms with van der Waals surface area (Å²) in [7, 11) is 0. The van der Waals surface area contributed by atoms with E-state index in [4.69, 9.17) is 9.47 Å². The number of rotatable bonds is 8. The zero-order valence-electron chi connectivity index (χ0n) is 18.0. The van der Waals surface area contributed by atoms with Crippen LogP contribution in [-0.2, 0) is 6.73 Å². The number of carbonyl (C=O) groups excluding carboxylic acids is 1. The van der Waals surface area contributed by atoms with Gasteiger partial charge in [-0.25, -0.2) is 9.07 Å². The number of aromatic nitrogens is 2. The third-order valence-electron chi connectivity index (χ3n) is 4.73. The van der Waals surface area contributed by atoms with Crippen molar-refractivity contribution in [1.82, 2.24) is 9.78 Å². The van der Waals surface area contributed by atoms with Crippen molar-refractivity contribution in [3.8, 4) is 17.2 Å². The molecule has 0 saturated carbocycles. The fourth-order valence-electron chi connectivity index (χ4n) is 3.04. The molecule has 0 aliphatic rings. The standard InChI is InChI=1S/C24H19FN4O5/c1-16-4-2-3-5-23(16)34-21-13-18(12-19(14-21)29(31)32)26-24(30)22-10-11-28(27-22)15-33-20-8-6-17(25)7-9-20/h2-14H,15H2,1H3,(H,26,30). The van der Waals surface area contributed by atoms with Gasteiger partial charge in [-0.2, -0.15) is 5.10 Å². The molecule has 0 saturated heterocycles. The van der Waals surface area contributed by atoms with Crippen molar-refractivity contribution in [2.45, 2.75) is 13.7 Å². The van der Waals surface area contributed by atoms with Gasteiger partial charge in [0, 0.05) is 18.3 Å². The van der Waals surface area contributed by atoms with Crippen molar-refractivity contribution < 1.29 is 23.6 Å². The maximum atomic E-state index is 13.0. The van der Waals surface area contributed by atoms with E-state index in [9.17, 15) is 19.3 Å². The van der Waals surface area contributed by atoms with Crippen molar-refractivity contribution >= 4 is 17.3 Å². The number of ether oxygens (including phenoxy) is 2. The molecule has 1 N–H and O–H groups in total. The van der Waals surface area contributed by atoms with Crippen LogP contribution < -0.4 is 14.8 Å². The number of benzene rings is 3. The van der Waals surface area contributed by atoms with E-state index in [1.807, 2.05) is 19.1 Å². The second-order valence-electron chi connectivity index (χ2n) is 7.26. The smallest absolute Gasteiger partial charge is 0.276 e. The highest BCUT2D eigenvalue weighted by Crippen LogP contribution is 2.31. The first kappa shape index (κ1) is 22.5. The molecule has 0 radical (unpaired) electrons. The summed E-state index contributed by atoms with van der Waals surface area (Å²) in [5, 5.41) is 18.1. The molecule has 1 heterocycles. The first-order valence-electron chi connectivity index (χ1n) is 10.1. The van der Waals surface area contributed by atoms with Gasteiger partial charge < -0.3 is 14.8 Å². The van der Waals surface area contributed by atoms with Gasteiger partial charge in [-0.05, 0) is 48.9 Å². The normalized spacial score (nSPS) is 10.5. The summed E-state index contributed by atoms with van der Waals surface area (Å²) in [5.41, 5.74) is 0.878. The van der Waals surface area contributed by atoms with Crippen LogP contribution in [-0.4, -0.2) is 20.6 Å². The average Bonchev–Trinajstić information content (AvgIpc) is 3.29. The molecular weight excluding hydrogens is 443 g/mol. The Morgan fingerprint density at radius 3 is 2.59 bits per heavy atom. The van der Waals surface area contributed by atoms with Crippen LogP contribution in [0.15, 0.2) is 79.0 Å². The SMILES string of the molecule is Cc1ccccc1Oc1cc(NC(=O)c2ccn(COc3ccc(F)cc3)n2)cc([N+](=O)[O-])c1. The highest BCUT2D eigenvalue weighted by atomic mass is 19.1. The highest BCUT2D eigenvalue weighted by molar-refractivity contribution is 6.03. The van der Waals surface area contributed by atoms with Crippen LogP contribution >= 0.6 is 0 Å². The molecule has 3 aromatic carbocycles. The van der Waals surface area contributed by atoms with Gasteiger partial charge in [-0.3, -0.25) is 14.9 Å². The number of nitrogens with zero attached hydrogens (tertiary/aromatic N) is 3. The van der Waals surface area contributed by atoms with Crippen molar-refractivity contribution in [2.24, 2.45) is 0 Å². The van der Waals surface area contributed by atoms with Crippen LogP contribution in [0.1, 0.15) is 16.1 Å². The molecule has 1 aromatic heterocycles. The maximum absolute atomic E-state index is 13.0. The lowest BCUT2D eigenvalue weighted by Gasteiger charge is -2.10. The molecule has 10 heteroatoms. The zero-order valence-corrected chi connectivity index (χ0v) is 18.0. The number of aryl methyl sites for hydroxylation is 1. The Balaban J connectivity index is 1.46. The minimum absolute atomic E-state index is 0.00410. The summed E-state index contributed by atoms with van der Waals surface area (Å²) in [6.07, 6.45) is 1.54. The van der Waals surface area contributed by atoms with Gasteiger partial charge in [-0.15, -0.1) is 0 Å². The summed E-state index contributed by atoms with van der Waals surface area (Å²) in [6, 6.07) is 18.2. The number of carbonyl (C=O) groups is 1. The number of nitro benzene ring substituents is 1. The van der Waals surface area contributed by atoms with E-state index in [0.717, 1.165) is 5.56 Å². The largest absolute Gasteiger partial charge is 0.471 e. The summed E-state index contributed by atoms with van der Waals surface area (Å²) in [4.78, 5) is 23.5. The number of anilines is 1. The van der Waals surface area contributed by atoms with E-state index >= 15 is 0 Å². The van der Waals surface area contributed by atoms with E-state index < -0.39 is 10.8 Å². The van der Waals surface area contributed by atoms with Gasteiger partial charge in [0.15, 0.2) is 12.4 Å². The fraction of sp³-hybridized carbons (Fsp3) is 0.0833. The summed E-state index contributed by atoms with van der Waals surface area (Å²) in [6.45, 7) is 1.86. The predicted molar refractivity (Wildman–Crippen MR) is 122 cm³/mol. The first-order valence-corrected chi connectivity index (χ1v) is 10.1. The van der Waals surface area contributed by atoms with Gasteiger partial charge in [0.1, 0.15) is 23.1 Å². The van der Waals surface area contributed by atoms with Crippen LogP contribution in [0.3, 0.4) is 0 Å². The summed E-state index contributed by atoms with van der Waals surface area (Å²) < 4.78 is 25.7. The Morgan fingerprint density at radius 2 is 1.85 bits per heavy atom. The Labute approximate surface area is 193 Å². The second kappa shape index (κ2) is 9.82. The number of halogens is 1. The van der Waals surface area contributed by atoms with Crippen LogP contribution in [0.5, 0.6) is 17.2 Å². The van der Waals surface area contributed by atoms with Crippen LogP contribution in [0.4, 0.5) is 15.8 Å². The second-order valence-corrected chi connectivity index (χ2v) is 7.26. The van der Waals surface area contributed by atoms with Crippen LogP contribution in [0.25, 0.3) is 0 Å². The third kappa shape index (κ3) is 5.54. The molecule has 0 aliphatic heterocycles. The van der Waals surface area contributed by atoms with E-state index in [-0.39, 0.29) is 35.4 Å². The molecule has 0 spiro atoms.